The second kappa shape index (κ2) is 8.56. The van der Waals surface area contributed by atoms with E-state index in [0.717, 1.165) is 44.7 Å². The van der Waals surface area contributed by atoms with Crippen molar-refractivity contribution in [2.24, 2.45) is 0 Å². The molecule has 0 radical (unpaired) electrons. The third kappa shape index (κ3) is 4.62. The molecule has 1 aliphatic heterocycles. The Bertz CT molecular complexity index is 636. The maximum absolute atomic E-state index is 12.5. The van der Waals surface area contributed by atoms with Crippen molar-refractivity contribution in [2.45, 2.75) is 13.0 Å². The molecule has 0 bridgehead atoms. The molecule has 7 nitrogen and oxygen atoms in total. The summed E-state index contributed by atoms with van der Waals surface area (Å²) in [5.41, 5.74) is 1.65. The van der Waals surface area contributed by atoms with Crippen molar-refractivity contribution in [3.05, 3.63) is 48.0 Å². The van der Waals surface area contributed by atoms with Crippen molar-refractivity contribution in [2.75, 3.05) is 39.3 Å². The number of piperazine rings is 1. The zero-order chi connectivity index (χ0) is 16.6. The molecule has 0 atom stereocenters. The largest absolute Gasteiger partial charge is 0.352 e. The highest BCUT2D eigenvalue weighted by Gasteiger charge is 2.12. The molecular formula is C17H24N6O. The Labute approximate surface area is 142 Å². The van der Waals surface area contributed by atoms with Gasteiger partial charge >= 0.3 is 0 Å². The number of nitrogens with one attached hydrogen (secondary N) is 2. The van der Waals surface area contributed by atoms with Crippen LogP contribution in [0.5, 0.6) is 0 Å². The van der Waals surface area contributed by atoms with Gasteiger partial charge in [0.1, 0.15) is 12.7 Å². The molecule has 0 unspecified atom stereocenters. The van der Waals surface area contributed by atoms with E-state index in [0.29, 0.717) is 18.7 Å². The van der Waals surface area contributed by atoms with Crippen LogP contribution in [-0.2, 0) is 6.54 Å². The number of hydrogen-bond donors (Lipinski definition) is 2. The molecule has 0 spiro atoms. The first kappa shape index (κ1) is 16.6. The van der Waals surface area contributed by atoms with Crippen molar-refractivity contribution in [1.82, 2.24) is 30.3 Å². The van der Waals surface area contributed by atoms with Gasteiger partial charge in [-0.25, -0.2) is 9.67 Å². The van der Waals surface area contributed by atoms with Crippen LogP contribution in [-0.4, -0.2) is 64.8 Å². The van der Waals surface area contributed by atoms with Gasteiger partial charge in [-0.3, -0.25) is 4.79 Å². The standard InChI is InChI=1S/C17H24N6O/c24-17(20-6-3-9-22-10-7-18-8-11-22)16-5-2-1-4-15(16)12-23-14-19-13-21-23/h1-2,4-5,13-14,18H,3,6-12H2,(H,20,24). The predicted octanol–water partition coefficient (Wildman–Crippen LogP) is 0.352. The summed E-state index contributed by atoms with van der Waals surface area (Å²) in [5, 5.41) is 10.5. The lowest BCUT2D eigenvalue weighted by Gasteiger charge is -2.27. The smallest absolute Gasteiger partial charge is 0.251 e. The fourth-order valence-electron chi connectivity index (χ4n) is 2.90. The quantitative estimate of drug-likeness (QED) is 0.718. The maximum Gasteiger partial charge on any atom is 0.251 e. The highest BCUT2D eigenvalue weighted by molar-refractivity contribution is 5.95. The molecule has 1 aliphatic rings. The number of benzene rings is 1. The minimum Gasteiger partial charge on any atom is -0.352 e. The fraction of sp³-hybridized carbons (Fsp3) is 0.471. The Kier molecular flexibility index (Phi) is 5.92. The minimum atomic E-state index is -0.0222. The van der Waals surface area contributed by atoms with Gasteiger partial charge in [0.15, 0.2) is 0 Å². The van der Waals surface area contributed by atoms with E-state index in [-0.39, 0.29) is 5.91 Å². The first-order chi connectivity index (χ1) is 11.8. The van der Waals surface area contributed by atoms with E-state index in [1.165, 1.54) is 6.33 Å². The second-order valence-electron chi connectivity index (χ2n) is 5.95. The average Bonchev–Trinajstić information content (AvgIpc) is 3.13. The number of aromatic nitrogens is 3. The molecule has 1 aromatic carbocycles. The number of amides is 1. The van der Waals surface area contributed by atoms with Gasteiger partial charge < -0.3 is 15.5 Å². The molecule has 0 saturated carbocycles. The molecule has 1 amide bonds. The number of hydrogen-bond acceptors (Lipinski definition) is 5. The van der Waals surface area contributed by atoms with E-state index in [2.05, 4.69) is 25.6 Å². The van der Waals surface area contributed by atoms with Crippen LogP contribution in [0.2, 0.25) is 0 Å². The molecule has 24 heavy (non-hydrogen) atoms. The Hall–Kier alpha value is -2.25. The summed E-state index contributed by atoms with van der Waals surface area (Å²) in [6.45, 7) is 6.57. The van der Waals surface area contributed by atoms with E-state index in [1.807, 2.05) is 24.3 Å². The van der Waals surface area contributed by atoms with Crippen LogP contribution >= 0.6 is 0 Å². The van der Waals surface area contributed by atoms with Crippen molar-refractivity contribution in [3.63, 3.8) is 0 Å². The van der Waals surface area contributed by atoms with Crippen LogP contribution in [0.3, 0.4) is 0 Å². The summed E-state index contributed by atoms with van der Waals surface area (Å²) in [4.78, 5) is 18.8. The van der Waals surface area contributed by atoms with Crippen molar-refractivity contribution in [3.8, 4) is 0 Å². The lowest BCUT2D eigenvalue weighted by molar-refractivity contribution is 0.0950. The summed E-state index contributed by atoms with van der Waals surface area (Å²) in [6.07, 6.45) is 4.12. The van der Waals surface area contributed by atoms with Crippen LogP contribution in [0.1, 0.15) is 22.3 Å². The van der Waals surface area contributed by atoms with Crippen LogP contribution in [0, 0.1) is 0 Å². The molecule has 128 valence electrons. The zero-order valence-corrected chi connectivity index (χ0v) is 13.8. The molecule has 0 aliphatic carbocycles. The molecule has 2 N–H and O–H groups in total. The minimum absolute atomic E-state index is 0.0222. The van der Waals surface area contributed by atoms with Gasteiger partial charge in [-0.1, -0.05) is 18.2 Å². The van der Waals surface area contributed by atoms with E-state index >= 15 is 0 Å². The van der Waals surface area contributed by atoms with Crippen molar-refractivity contribution in [1.29, 1.82) is 0 Å². The summed E-state index contributed by atoms with van der Waals surface area (Å²) in [6, 6.07) is 7.64. The lowest BCUT2D eigenvalue weighted by Crippen LogP contribution is -2.44. The Morgan fingerprint density at radius 2 is 2.08 bits per heavy atom. The first-order valence-electron chi connectivity index (χ1n) is 8.44. The monoisotopic (exact) mass is 328 g/mol. The van der Waals surface area contributed by atoms with Crippen LogP contribution in [0.15, 0.2) is 36.9 Å². The SMILES string of the molecule is O=C(NCCCN1CCNCC1)c1ccccc1Cn1cncn1. The third-order valence-electron chi connectivity index (χ3n) is 4.21. The van der Waals surface area contributed by atoms with Crippen LogP contribution in [0.25, 0.3) is 0 Å². The van der Waals surface area contributed by atoms with E-state index < -0.39 is 0 Å². The molecule has 7 heteroatoms. The third-order valence-corrected chi connectivity index (χ3v) is 4.21. The van der Waals surface area contributed by atoms with Crippen LogP contribution in [0.4, 0.5) is 0 Å². The Balaban J connectivity index is 1.49. The highest BCUT2D eigenvalue weighted by Crippen LogP contribution is 2.10. The topological polar surface area (TPSA) is 75.1 Å². The van der Waals surface area contributed by atoms with E-state index in [4.69, 9.17) is 0 Å². The Morgan fingerprint density at radius 3 is 2.88 bits per heavy atom. The van der Waals surface area contributed by atoms with E-state index in [1.54, 1.807) is 11.0 Å². The highest BCUT2D eigenvalue weighted by atomic mass is 16.1. The van der Waals surface area contributed by atoms with Crippen molar-refractivity contribution >= 4 is 5.91 Å². The molecule has 2 heterocycles. The number of nitrogens with zero attached hydrogens (tertiary/aromatic N) is 4. The van der Waals surface area contributed by atoms with Gasteiger partial charge in [0.25, 0.3) is 5.91 Å². The van der Waals surface area contributed by atoms with Gasteiger partial charge in [0.05, 0.1) is 6.54 Å². The molecule has 1 saturated heterocycles. The second-order valence-corrected chi connectivity index (χ2v) is 5.95. The maximum atomic E-state index is 12.5. The molecular weight excluding hydrogens is 304 g/mol. The fourth-order valence-corrected chi connectivity index (χ4v) is 2.90. The zero-order valence-electron chi connectivity index (χ0n) is 13.8. The number of rotatable bonds is 7. The van der Waals surface area contributed by atoms with Gasteiger partial charge in [-0.15, -0.1) is 0 Å². The lowest BCUT2D eigenvalue weighted by atomic mass is 10.1. The summed E-state index contributed by atoms with van der Waals surface area (Å²) in [7, 11) is 0. The molecule has 3 rings (SSSR count). The predicted molar refractivity (Wildman–Crippen MR) is 91.8 cm³/mol. The van der Waals surface area contributed by atoms with Crippen molar-refractivity contribution < 1.29 is 4.79 Å². The summed E-state index contributed by atoms with van der Waals surface area (Å²) < 4.78 is 1.72. The van der Waals surface area contributed by atoms with E-state index in [9.17, 15) is 4.79 Å². The van der Waals surface area contributed by atoms with Gasteiger partial charge in [-0.05, 0) is 24.6 Å². The van der Waals surface area contributed by atoms with Gasteiger partial charge in [-0.2, -0.15) is 5.10 Å². The summed E-state index contributed by atoms with van der Waals surface area (Å²) >= 11 is 0. The van der Waals surface area contributed by atoms with Gasteiger partial charge in [0, 0.05) is 38.3 Å². The molecule has 1 aromatic heterocycles. The number of carbonyl (C=O) groups excluding carboxylic acids is 1. The first-order valence-corrected chi connectivity index (χ1v) is 8.44. The summed E-state index contributed by atoms with van der Waals surface area (Å²) in [5.74, 6) is -0.0222. The van der Waals surface area contributed by atoms with Gasteiger partial charge in [0.2, 0.25) is 0 Å². The normalized spacial score (nSPS) is 15.3. The Morgan fingerprint density at radius 1 is 1.25 bits per heavy atom. The average molecular weight is 328 g/mol. The molecule has 1 fully saturated rings. The number of carbonyl (C=O) groups is 1. The molecule has 2 aromatic rings. The van der Waals surface area contributed by atoms with Crippen LogP contribution < -0.4 is 10.6 Å².